The minimum absolute atomic E-state index is 0.00374. The molecule has 3 aliphatic rings. The molecule has 3 aromatic carbocycles. The van der Waals surface area contributed by atoms with E-state index in [1.165, 1.54) is 11.1 Å². The third-order valence-corrected chi connectivity index (χ3v) is 13.9. The highest BCUT2D eigenvalue weighted by atomic mass is 19.4. The summed E-state index contributed by atoms with van der Waals surface area (Å²) in [7, 11) is 0. The SMILES string of the molecule is CCOC(=O)C(CCCCCC=CCC1(O)C[C@]2(C)C(OCc3ccccc3)CCC2C2CCc3cc(OCc4ccccc4)ccc3C21)CCCCCC(F)(F)C(F)(F)F. The lowest BCUT2D eigenvalue weighted by Gasteiger charge is -2.58. The van der Waals surface area contributed by atoms with Crippen LogP contribution < -0.4 is 4.74 Å². The quantitative estimate of drug-likeness (QED) is 0.0472. The number of benzene rings is 3. The Balaban J connectivity index is 1.07. The Hall–Kier alpha value is -3.76. The lowest BCUT2D eigenvalue weighted by Crippen LogP contribution is -2.56. The minimum atomic E-state index is -5.54. The van der Waals surface area contributed by atoms with Gasteiger partial charge >= 0.3 is 18.1 Å². The van der Waals surface area contributed by atoms with Gasteiger partial charge in [0.1, 0.15) is 12.4 Å². The molecular weight excluding hydrogens is 788 g/mol. The largest absolute Gasteiger partial charge is 0.489 e. The number of rotatable bonds is 22. The van der Waals surface area contributed by atoms with E-state index in [1.54, 1.807) is 6.92 Å². The molecule has 334 valence electrons. The average molecular weight is 853 g/mol. The van der Waals surface area contributed by atoms with Crippen molar-refractivity contribution >= 4 is 5.97 Å². The number of ether oxygens (including phenoxy) is 3. The number of aliphatic hydroxyl groups is 1. The van der Waals surface area contributed by atoms with Gasteiger partial charge in [-0.2, -0.15) is 22.0 Å². The number of carbonyl (C=O) groups is 1. The number of hydrogen-bond donors (Lipinski definition) is 1. The maximum atomic E-state index is 13.3. The third kappa shape index (κ3) is 11.8. The van der Waals surface area contributed by atoms with Crippen molar-refractivity contribution in [1.82, 2.24) is 0 Å². The standard InChI is InChI=1S/C51H65F5O5/c1-3-59-47(57)39(24-16-10-18-32-50(52,53)51(54,55)56)23-15-6-4-5-7-17-31-49(58)36-48(2)44(29-30-45(48)61-35-38-21-13-9-14-22-38)43-27-25-40-33-41(26-28-42(40)46(43)49)60-34-37-19-11-8-12-20-37/h7-9,11-14,17,19-22,26,28,33,39,43-46,58H,3-6,10,15-16,18,23-25,27,29-32,34-36H2,1-2H3/t39?,43?,44?,45?,46?,48-,49?/m0/s1. The van der Waals surface area contributed by atoms with Gasteiger partial charge in [-0.3, -0.25) is 4.79 Å². The maximum absolute atomic E-state index is 13.3. The fourth-order valence-corrected chi connectivity index (χ4v) is 10.9. The van der Waals surface area contributed by atoms with Crippen molar-refractivity contribution in [2.45, 2.75) is 160 Å². The number of halogens is 5. The van der Waals surface area contributed by atoms with Gasteiger partial charge in [0, 0.05) is 12.3 Å². The number of carbonyl (C=O) groups excluding carboxylic acids is 1. The maximum Gasteiger partial charge on any atom is 0.453 e. The number of fused-ring (bicyclic) bond motifs is 5. The lowest BCUT2D eigenvalue weighted by atomic mass is 9.49. The fourth-order valence-electron chi connectivity index (χ4n) is 10.9. The van der Waals surface area contributed by atoms with Crippen LogP contribution in [0.2, 0.25) is 0 Å². The summed E-state index contributed by atoms with van der Waals surface area (Å²) < 4.78 is 82.4. The number of unbranched alkanes of at least 4 members (excludes halogenated alkanes) is 5. The molecule has 10 heteroatoms. The van der Waals surface area contributed by atoms with Crippen LogP contribution in [0.4, 0.5) is 22.0 Å². The zero-order valence-corrected chi connectivity index (χ0v) is 36.0. The summed E-state index contributed by atoms with van der Waals surface area (Å²) >= 11 is 0. The Morgan fingerprint density at radius 2 is 1.51 bits per heavy atom. The second-order valence-electron chi connectivity index (χ2n) is 18.1. The van der Waals surface area contributed by atoms with Crippen LogP contribution in [0.25, 0.3) is 0 Å². The molecule has 0 aliphatic heterocycles. The van der Waals surface area contributed by atoms with Gasteiger partial charge in [-0.05, 0) is 129 Å². The van der Waals surface area contributed by atoms with Crippen molar-refractivity contribution < 1.29 is 46.1 Å². The monoisotopic (exact) mass is 852 g/mol. The second kappa shape index (κ2) is 21.1. The van der Waals surface area contributed by atoms with Crippen LogP contribution in [-0.4, -0.2) is 41.5 Å². The van der Waals surface area contributed by atoms with E-state index in [0.717, 1.165) is 68.2 Å². The molecule has 6 rings (SSSR count). The van der Waals surface area contributed by atoms with Crippen LogP contribution in [-0.2, 0) is 33.9 Å². The highest BCUT2D eigenvalue weighted by Crippen LogP contribution is 2.65. The molecule has 2 fully saturated rings. The normalized spacial score (nSPS) is 25.4. The Morgan fingerprint density at radius 3 is 2.18 bits per heavy atom. The van der Waals surface area contributed by atoms with Crippen LogP contribution in [0.1, 0.15) is 138 Å². The molecule has 1 N–H and O–H groups in total. The molecule has 7 atom stereocenters. The first kappa shape index (κ1) is 46.7. The van der Waals surface area contributed by atoms with E-state index in [2.05, 4.69) is 61.5 Å². The van der Waals surface area contributed by atoms with Crippen LogP contribution in [0, 0.1) is 23.2 Å². The number of esters is 1. The average Bonchev–Trinajstić information content (AvgIpc) is 3.56. The third-order valence-electron chi connectivity index (χ3n) is 13.9. The van der Waals surface area contributed by atoms with Crippen molar-refractivity contribution in [3.8, 4) is 5.75 Å². The molecule has 0 aromatic heterocycles. The van der Waals surface area contributed by atoms with Gasteiger partial charge in [0.15, 0.2) is 0 Å². The summed E-state index contributed by atoms with van der Waals surface area (Å²) in [6.45, 7) is 5.36. The molecule has 0 saturated heterocycles. The minimum Gasteiger partial charge on any atom is -0.489 e. The van der Waals surface area contributed by atoms with E-state index >= 15 is 0 Å². The van der Waals surface area contributed by atoms with E-state index in [4.69, 9.17) is 14.2 Å². The van der Waals surface area contributed by atoms with E-state index in [0.29, 0.717) is 57.2 Å². The van der Waals surface area contributed by atoms with Crippen LogP contribution in [0.15, 0.2) is 91.0 Å². The molecule has 2 saturated carbocycles. The zero-order chi connectivity index (χ0) is 43.5. The Labute approximate surface area is 359 Å². The summed E-state index contributed by atoms with van der Waals surface area (Å²) in [5.41, 5.74) is 3.64. The van der Waals surface area contributed by atoms with Gasteiger partial charge in [-0.1, -0.05) is 111 Å². The Bertz CT molecular complexity index is 1850. The van der Waals surface area contributed by atoms with Crippen molar-refractivity contribution in [1.29, 1.82) is 0 Å². The molecular formula is C51H65F5O5. The topological polar surface area (TPSA) is 65.0 Å². The smallest absolute Gasteiger partial charge is 0.453 e. The van der Waals surface area contributed by atoms with Gasteiger partial charge in [0.2, 0.25) is 0 Å². The molecule has 0 radical (unpaired) electrons. The van der Waals surface area contributed by atoms with E-state index < -0.39 is 30.0 Å². The summed E-state index contributed by atoms with van der Waals surface area (Å²) in [6.07, 6.45) is 7.49. The first-order valence-corrected chi connectivity index (χ1v) is 22.7. The van der Waals surface area contributed by atoms with Crippen molar-refractivity contribution in [3.63, 3.8) is 0 Å². The predicted octanol–water partition coefficient (Wildman–Crippen LogP) is 13.3. The zero-order valence-electron chi connectivity index (χ0n) is 36.0. The molecule has 5 nitrogen and oxygen atoms in total. The van der Waals surface area contributed by atoms with Gasteiger partial charge in [-0.25, -0.2) is 0 Å². The van der Waals surface area contributed by atoms with E-state index in [9.17, 15) is 31.9 Å². The molecule has 0 bridgehead atoms. The van der Waals surface area contributed by atoms with Crippen LogP contribution in [0.3, 0.4) is 0 Å². The fraction of sp³-hybridized carbons (Fsp3) is 0.588. The summed E-state index contributed by atoms with van der Waals surface area (Å²) in [5.74, 6) is -3.81. The number of hydrogen-bond acceptors (Lipinski definition) is 5. The highest BCUT2D eigenvalue weighted by Gasteiger charge is 2.63. The number of alkyl halides is 5. The van der Waals surface area contributed by atoms with Crippen molar-refractivity contribution in [3.05, 3.63) is 113 Å². The van der Waals surface area contributed by atoms with Gasteiger partial charge in [0.25, 0.3) is 0 Å². The Kier molecular flexibility index (Phi) is 16.1. The van der Waals surface area contributed by atoms with E-state index in [1.807, 2.05) is 36.4 Å². The second-order valence-corrected chi connectivity index (χ2v) is 18.1. The molecule has 61 heavy (non-hydrogen) atoms. The summed E-state index contributed by atoms with van der Waals surface area (Å²) in [4.78, 5) is 12.6. The summed E-state index contributed by atoms with van der Waals surface area (Å²) in [5, 5.41) is 13.1. The van der Waals surface area contributed by atoms with Gasteiger partial charge in [0.05, 0.1) is 30.8 Å². The first-order valence-electron chi connectivity index (χ1n) is 22.7. The molecule has 3 aromatic rings. The number of aryl methyl sites for hydroxylation is 1. The van der Waals surface area contributed by atoms with Crippen molar-refractivity contribution in [2.75, 3.05) is 6.61 Å². The molecule has 0 spiro atoms. The van der Waals surface area contributed by atoms with Gasteiger partial charge < -0.3 is 19.3 Å². The van der Waals surface area contributed by atoms with E-state index in [-0.39, 0.29) is 42.9 Å². The predicted molar refractivity (Wildman–Crippen MR) is 228 cm³/mol. The van der Waals surface area contributed by atoms with Crippen LogP contribution in [0.5, 0.6) is 5.75 Å². The van der Waals surface area contributed by atoms with Gasteiger partial charge in [-0.15, -0.1) is 0 Å². The highest BCUT2D eigenvalue weighted by molar-refractivity contribution is 5.72. The number of allylic oxidation sites excluding steroid dienone is 1. The summed E-state index contributed by atoms with van der Waals surface area (Å²) in [6, 6.07) is 26.9. The van der Waals surface area contributed by atoms with Crippen molar-refractivity contribution in [2.24, 2.45) is 23.2 Å². The molecule has 0 heterocycles. The first-order chi connectivity index (χ1) is 29.2. The molecule has 3 aliphatic carbocycles. The molecule has 0 amide bonds. The molecule has 6 unspecified atom stereocenters. The van der Waals surface area contributed by atoms with Crippen LogP contribution >= 0.6 is 0 Å². The Morgan fingerprint density at radius 1 is 0.836 bits per heavy atom. The lowest BCUT2D eigenvalue weighted by molar-refractivity contribution is -0.284.